The lowest BCUT2D eigenvalue weighted by atomic mass is 10.1. The van der Waals surface area contributed by atoms with Crippen LogP contribution in [0.1, 0.15) is 17.7 Å². The molecule has 6 heteroatoms. The van der Waals surface area contributed by atoms with Gasteiger partial charge in [0, 0.05) is 24.3 Å². The van der Waals surface area contributed by atoms with E-state index in [1.54, 1.807) is 6.92 Å². The topological polar surface area (TPSA) is 92.3 Å². The Morgan fingerprint density at radius 3 is 2.62 bits per heavy atom. The number of nitrogens with zero attached hydrogens (tertiary/aromatic N) is 3. The van der Waals surface area contributed by atoms with Gasteiger partial charge in [-0.05, 0) is 13.3 Å². The Morgan fingerprint density at radius 1 is 1.50 bits per heavy atom. The zero-order valence-electron chi connectivity index (χ0n) is 9.10. The molecule has 1 aliphatic rings. The van der Waals surface area contributed by atoms with E-state index >= 15 is 0 Å². The summed E-state index contributed by atoms with van der Waals surface area (Å²) in [6.07, 6.45) is 1.01. The first kappa shape index (κ1) is 10.7. The Bertz CT molecular complexity index is 406. The zero-order valence-corrected chi connectivity index (χ0v) is 9.10. The summed E-state index contributed by atoms with van der Waals surface area (Å²) in [5, 5.41) is 8.73. The maximum Gasteiger partial charge on any atom is 0.308 e. The van der Waals surface area contributed by atoms with E-state index in [2.05, 4.69) is 9.97 Å². The average molecular weight is 222 g/mol. The Balaban J connectivity index is 2.30. The van der Waals surface area contributed by atoms with Crippen LogP contribution in [0.5, 0.6) is 0 Å². The summed E-state index contributed by atoms with van der Waals surface area (Å²) in [5.74, 6) is -0.0395. The fourth-order valence-corrected chi connectivity index (χ4v) is 1.63. The molecule has 16 heavy (non-hydrogen) atoms. The van der Waals surface area contributed by atoms with Crippen molar-refractivity contribution in [2.45, 2.75) is 19.8 Å². The van der Waals surface area contributed by atoms with Crippen molar-refractivity contribution in [1.82, 2.24) is 9.97 Å². The van der Waals surface area contributed by atoms with Crippen LogP contribution in [0.4, 0.5) is 11.8 Å². The van der Waals surface area contributed by atoms with Gasteiger partial charge in [0.25, 0.3) is 0 Å². The van der Waals surface area contributed by atoms with Gasteiger partial charge >= 0.3 is 5.97 Å². The zero-order chi connectivity index (χ0) is 11.7. The van der Waals surface area contributed by atoms with Crippen molar-refractivity contribution in [3.8, 4) is 0 Å². The molecule has 2 heterocycles. The first-order chi connectivity index (χ1) is 7.58. The van der Waals surface area contributed by atoms with E-state index in [9.17, 15) is 4.79 Å². The second kappa shape index (κ2) is 3.96. The van der Waals surface area contributed by atoms with E-state index in [0.717, 1.165) is 19.5 Å². The summed E-state index contributed by atoms with van der Waals surface area (Å²) < 4.78 is 0. The molecule has 1 saturated heterocycles. The molecule has 6 nitrogen and oxygen atoms in total. The number of aromatic nitrogens is 2. The largest absolute Gasteiger partial charge is 0.481 e. The SMILES string of the molecule is Cc1nc(N2CCC2)nc(N)c1CC(=O)O. The van der Waals surface area contributed by atoms with Gasteiger partial charge < -0.3 is 15.7 Å². The molecule has 0 amide bonds. The van der Waals surface area contributed by atoms with Crippen LogP contribution in [-0.2, 0) is 11.2 Å². The van der Waals surface area contributed by atoms with Crippen molar-refractivity contribution in [3.05, 3.63) is 11.3 Å². The molecule has 1 fully saturated rings. The average Bonchev–Trinajstić information content (AvgIpc) is 2.08. The molecule has 0 radical (unpaired) electrons. The maximum atomic E-state index is 10.6. The highest BCUT2D eigenvalue weighted by Gasteiger charge is 2.20. The van der Waals surface area contributed by atoms with Crippen LogP contribution in [0.2, 0.25) is 0 Å². The number of hydrogen-bond donors (Lipinski definition) is 2. The molecular weight excluding hydrogens is 208 g/mol. The number of aliphatic carboxylic acids is 1. The third-order valence-corrected chi connectivity index (χ3v) is 2.70. The van der Waals surface area contributed by atoms with E-state index in [1.807, 2.05) is 4.90 Å². The number of anilines is 2. The van der Waals surface area contributed by atoms with E-state index in [1.165, 1.54) is 0 Å². The summed E-state index contributed by atoms with van der Waals surface area (Å²) >= 11 is 0. The van der Waals surface area contributed by atoms with Gasteiger partial charge in [0.15, 0.2) is 0 Å². The molecule has 2 rings (SSSR count). The molecule has 0 unspecified atom stereocenters. The van der Waals surface area contributed by atoms with Gasteiger partial charge in [-0.15, -0.1) is 0 Å². The third kappa shape index (κ3) is 1.91. The van der Waals surface area contributed by atoms with Crippen molar-refractivity contribution in [2.24, 2.45) is 0 Å². The van der Waals surface area contributed by atoms with E-state index in [0.29, 0.717) is 17.2 Å². The fraction of sp³-hybridized carbons (Fsp3) is 0.500. The number of carboxylic acid groups (broad SMARTS) is 1. The fourth-order valence-electron chi connectivity index (χ4n) is 1.63. The summed E-state index contributed by atoms with van der Waals surface area (Å²) in [7, 11) is 0. The predicted molar refractivity (Wildman–Crippen MR) is 59.4 cm³/mol. The van der Waals surface area contributed by atoms with Gasteiger partial charge in [-0.25, -0.2) is 4.98 Å². The van der Waals surface area contributed by atoms with Crippen LogP contribution in [0.25, 0.3) is 0 Å². The van der Waals surface area contributed by atoms with Crippen LogP contribution in [0.15, 0.2) is 0 Å². The lowest BCUT2D eigenvalue weighted by Gasteiger charge is -2.31. The minimum atomic E-state index is -0.921. The normalized spacial score (nSPS) is 14.7. The lowest BCUT2D eigenvalue weighted by Crippen LogP contribution is -2.38. The summed E-state index contributed by atoms with van der Waals surface area (Å²) in [4.78, 5) is 21.1. The van der Waals surface area contributed by atoms with E-state index in [-0.39, 0.29) is 12.2 Å². The lowest BCUT2D eigenvalue weighted by molar-refractivity contribution is -0.136. The first-order valence-corrected chi connectivity index (χ1v) is 5.17. The highest BCUT2D eigenvalue weighted by atomic mass is 16.4. The second-order valence-electron chi connectivity index (χ2n) is 3.88. The number of carboxylic acids is 1. The van der Waals surface area contributed by atoms with Crippen LogP contribution >= 0.6 is 0 Å². The summed E-state index contributed by atoms with van der Waals surface area (Å²) in [6.45, 7) is 3.65. The third-order valence-electron chi connectivity index (χ3n) is 2.70. The molecule has 3 N–H and O–H groups in total. The molecule has 0 aromatic carbocycles. The van der Waals surface area contributed by atoms with Gasteiger partial charge in [-0.3, -0.25) is 4.79 Å². The Morgan fingerprint density at radius 2 is 2.19 bits per heavy atom. The second-order valence-corrected chi connectivity index (χ2v) is 3.88. The van der Waals surface area contributed by atoms with Crippen molar-refractivity contribution >= 4 is 17.7 Å². The monoisotopic (exact) mass is 222 g/mol. The highest BCUT2D eigenvalue weighted by Crippen LogP contribution is 2.21. The van der Waals surface area contributed by atoms with Crippen molar-refractivity contribution in [1.29, 1.82) is 0 Å². The Hall–Kier alpha value is -1.85. The van der Waals surface area contributed by atoms with Gasteiger partial charge in [0.05, 0.1) is 6.42 Å². The predicted octanol–water partition coefficient (Wildman–Crippen LogP) is 0.204. The quantitative estimate of drug-likeness (QED) is 0.759. The molecular formula is C10H14N4O2. The molecule has 0 saturated carbocycles. The number of hydrogen-bond acceptors (Lipinski definition) is 5. The molecule has 0 spiro atoms. The maximum absolute atomic E-state index is 10.6. The van der Waals surface area contributed by atoms with Crippen LogP contribution < -0.4 is 10.6 Å². The Kier molecular flexibility index (Phi) is 2.64. The van der Waals surface area contributed by atoms with Gasteiger partial charge in [-0.1, -0.05) is 0 Å². The van der Waals surface area contributed by atoms with E-state index in [4.69, 9.17) is 10.8 Å². The number of nitrogen functional groups attached to an aromatic ring is 1. The number of carbonyl (C=O) groups is 1. The molecule has 0 bridgehead atoms. The van der Waals surface area contributed by atoms with E-state index < -0.39 is 5.97 Å². The smallest absolute Gasteiger partial charge is 0.308 e. The van der Waals surface area contributed by atoms with Crippen LogP contribution in [0.3, 0.4) is 0 Å². The summed E-state index contributed by atoms with van der Waals surface area (Å²) in [5.41, 5.74) is 6.91. The number of aryl methyl sites for hydroxylation is 1. The van der Waals surface area contributed by atoms with Crippen molar-refractivity contribution in [2.75, 3.05) is 23.7 Å². The van der Waals surface area contributed by atoms with Gasteiger partial charge in [0.2, 0.25) is 5.95 Å². The molecule has 86 valence electrons. The Labute approximate surface area is 93.1 Å². The standard InChI is InChI=1S/C10H14N4O2/c1-6-7(5-8(15)16)9(11)13-10(12-6)14-3-2-4-14/h2-5H2,1H3,(H,15,16)(H2,11,12,13). The van der Waals surface area contributed by atoms with Crippen LogP contribution in [-0.4, -0.2) is 34.1 Å². The van der Waals surface area contributed by atoms with Crippen LogP contribution in [0, 0.1) is 6.92 Å². The van der Waals surface area contributed by atoms with Crippen molar-refractivity contribution < 1.29 is 9.90 Å². The number of nitrogens with two attached hydrogens (primary N) is 1. The minimum absolute atomic E-state index is 0.127. The highest BCUT2D eigenvalue weighted by molar-refractivity contribution is 5.72. The number of rotatable bonds is 3. The molecule has 1 aromatic rings. The molecule has 0 atom stereocenters. The molecule has 0 aliphatic carbocycles. The molecule has 1 aromatic heterocycles. The molecule has 1 aliphatic heterocycles. The van der Waals surface area contributed by atoms with Gasteiger partial charge in [-0.2, -0.15) is 4.98 Å². The first-order valence-electron chi connectivity index (χ1n) is 5.17. The van der Waals surface area contributed by atoms with Gasteiger partial charge in [0.1, 0.15) is 5.82 Å². The summed E-state index contributed by atoms with van der Waals surface area (Å²) in [6, 6.07) is 0. The minimum Gasteiger partial charge on any atom is -0.481 e. The van der Waals surface area contributed by atoms with Crippen molar-refractivity contribution in [3.63, 3.8) is 0 Å².